The number of para-hydroxylation sites is 1. The van der Waals surface area contributed by atoms with Gasteiger partial charge in [-0.2, -0.15) is 5.10 Å². The largest absolute Gasteiger partial charge is 0.502 e. The van der Waals surface area contributed by atoms with Crippen LogP contribution in [0.4, 0.5) is 5.69 Å². The van der Waals surface area contributed by atoms with Gasteiger partial charge in [-0.3, -0.25) is 14.9 Å². The number of ether oxygens (including phenoxy) is 1. The predicted octanol–water partition coefficient (Wildman–Crippen LogP) is 2.45. The number of phenolic OH excluding ortho intramolecular Hbond substituents is 1. The molecule has 0 atom stereocenters. The first-order chi connectivity index (χ1) is 11.9. The molecule has 0 aliphatic carbocycles. The number of nitrogens with one attached hydrogen (secondary N) is 1. The van der Waals surface area contributed by atoms with Crippen LogP contribution in [0.25, 0.3) is 0 Å². The number of nitro benzene ring substituents is 1. The molecule has 0 saturated carbocycles. The summed E-state index contributed by atoms with van der Waals surface area (Å²) in [7, 11) is 0. The van der Waals surface area contributed by atoms with E-state index in [1.165, 1.54) is 18.3 Å². The number of hydrogen-bond acceptors (Lipinski definition) is 6. The van der Waals surface area contributed by atoms with Crippen molar-refractivity contribution in [1.82, 2.24) is 5.43 Å². The Labute approximate surface area is 143 Å². The lowest BCUT2D eigenvalue weighted by atomic mass is 10.1. The number of phenols is 1. The highest BCUT2D eigenvalue weighted by Crippen LogP contribution is 2.25. The standard InChI is InChI=1S/C17H17N3O5/c1-11-4-3-5-12(2)17(11)25-10-16(22)19-18-9-13-6-7-14(20(23)24)15(21)8-13/h3-9,21H,10H2,1-2H3,(H,19,22). The Morgan fingerprint density at radius 2 is 2.00 bits per heavy atom. The average molecular weight is 343 g/mol. The fraction of sp³-hybridized carbons (Fsp3) is 0.176. The Kier molecular flexibility index (Phi) is 5.67. The van der Waals surface area contributed by atoms with Crippen molar-refractivity contribution in [3.63, 3.8) is 0 Å². The van der Waals surface area contributed by atoms with Crippen LogP contribution in [0.3, 0.4) is 0 Å². The van der Waals surface area contributed by atoms with Crippen molar-refractivity contribution in [2.24, 2.45) is 5.10 Å². The van der Waals surface area contributed by atoms with E-state index in [1.54, 1.807) is 0 Å². The molecule has 2 aromatic carbocycles. The van der Waals surface area contributed by atoms with E-state index < -0.39 is 22.3 Å². The Morgan fingerprint density at radius 1 is 1.32 bits per heavy atom. The van der Waals surface area contributed by atoms with Crippen molar-refractivity contribution in [3.05, 3.63) is 63.2 Å². The van der Waals surface area contributed by atoms with E-state index in [0.29, 0.717) is 11.3 Å². The lowest BCUT2D eigenvalue weighted by Gasteiger charge is -2.10. The SMILES string of the molecule is Cc1cccc(C)c1OCC(=O)NN=Cc1ccc([N+](=O)[O-])c(O)c1. The number of hydrogen-bond donors (Lipinski definition) is 2. The minimum absolute atomic E-state index is 0.200. The minimum atomic E-state index is -0.692. The molecule has 0 spiro atoms. The molecular formula is C17H17N3O5. The van der Waals surface area contributed by atoms with E-state index in [1.807, 2.05) is 32.0 Å². The molecule has 2 N–H and O–H groups in total. The lowest BCUT2D eigenvalue weighted by molar-refractivity contribution is -0.385. The molecule has 0 heterocycles. The highest BCUT2D eigenvalue weighted by atomic mass is 16.6. The van der Waals surface area contributed by atoms with Crippen molar-refractivity contribution < 1.29 is 19.6 Å². The number of carbonyl (C=O) groups is 1. The first-order valence-electron chi connectivity index (χ1n) is 7.37. The van der Waals surface area contributed by atoms with Gasteiger partial charge in [-0.25, -0.2) is 5.43 Å². The molecule has 0 saturated heterocycles. The van der Waals surface area contributed by atoms with Gasteiger partial charge in [-0.05, 0) is 42.7 Å². The fourth-order valence-corrected chi connectivity index (χ4v) is 2.15. The van der Waals surface area contributed by atoms with E-state index in [4.69, 9.17) is 4.74 Å². The molecule has 0 radical (unpaired) electrons. The van der Waals surface area contributed by atoms with E-state index >= 15 is 0 Å². The van der Waals surface area contributed by atoms with Crippen LogP contribution in [0.5, 0.6) is 11.5 Å². The second kappa shape index (κ2) is 7.91. The van der Waals surface area contributed by atoms with Crippen LogP contribution in [0.1, 0.15) is 16.7 Å². The number of aryl methyl sites for hydroxylation is 2. The quantitative estimate of drug-likeness (QED) is 0.475. The number of benzene rings is 2. The molecule has 2 rings (SSSR count). The average Bonchev–Trinajstić information content (AvgIpc) is 2.54. The number of hydrazone groups is 1. The molecule has 0 bridgehead atoms. The molecule has 0 unspecified atom stereocenters. The van der Waals surface area contributed by atoms with E-state index in [-0.39, 0.29) is 6.61 Å². The van der Waals surface area contributed by atoms with Gasteiger partial charge in [0.15, 0.2) is 12.4 Å². The number of carbonyl (C=O) groups excluding carboxylic acids is 1. The Bertz CT molecular complexity index is 813. The molecular weight excluding hydrogens is 326 g/mol. The molecule has 8 nitrogen and oxygen atoms in total. The summed E-state index contributed by atoms with van der Waals surface area (Å²) in [6.07, 6.45) is 1.26. The van der Waals surface area contributed by atoms with Gasteiger partial charge in [0.25, 0.3) is 5.91 Å². The summed E-state index contributed by atoms with van der Waals surface area (Å²) in [6, 6.07) is 9.42. The molecule has 0 fully saturated rings. The van der Waals surface area contributed by atoms with Crippen LogP contribution in [0, 0.1) is 24.0 Å². The van der Waals surface area contributed by atoms with Crippen molar-refractivity contribution >= 4 is 17.8 Å². The maximum Gasteiger partial charge on any atom is 0.310 e. The summed E-state index contributed by atoms with van der Waals surface area (Å²) >= 11 is 0. The zero-order valence-electron chi connectivity index (χ0n) is 13.7. The number of aromatic hydroxyl groups is 1. The second-order valence-corrected chi connectivity index (χ2v) is 5.31. The summed E-state index contributed by atoms with van der Waals surface area (Å²) in [4.78, 5) is 21.7. The highest BCUT2D eigenvalue weighted by molar-refractivity contribution is 5.83. The van der Waals surface area contributed by atoms with Crippen LogP contribution in [0.2, 0.25) is 0 Å². The minimum Gasteiger partial charge on any atom is -0.502 e. The predicted molar refractivity (Wildman–Crippen MR) is 91.9 cm³/mol. The summed E-state index contributed by atoms with van der Waals surface area (Å²) in [5.41, 5.74) is 4.15. The normalized spacial score (nSPS) is 10.6. The number of rotatable bonds is 6. The van der Waals surface area contributed by atoms with Crippen LogP contribution in [-0.4, -0.2) is 28.8 Å². The van der Waals surface area contributed by atoms with Gasteiger partial charge in [0, 0.05) is 6.07 Å². The first-order valence-corrected chi connectivity index (χ1v) is 7.37. The molecule has 130 valence electrons. The van der Waals surface area contributed by atoms with Crippen LogP contribution >= 0.6 is 0 Å². The number of nitrogens with zero attached hydrogens (tertiary/aromatic N) is 2. The molecule has 0 aromatic heterocycles. The Balaban J connectivity index is 1.90. The van der Waals surface area contributed by atoms with Gasteiger partial charge >= 0.3 is 5.69 Å². The van der Waals surface area contributed by atoms with Crippen LogP contribution in [0.15, 0.2) is 41.5 Å². The zero-order chi connectivity index (χ0) is 18.4. The lowest BCUT2D eigenvalue weighted by Crippen LogP contribution is -2.25. The van der Waals surface area contributed by atoms with E-state index in [0.717, 1.165) is 17.2 Å². The maximum atomic E-state index is 11.8. The van der Waals surface area contributed by atoms with Gasteiger partial charge in [0.05, 0.1) is 11.1 Å². The van der Waals surface area contributed by atoms with E-state index in [9.17, 15) is 20.0 Å². The topological polar surface area (TPSA) is 114 Å². The Morgan fingerprint density at radius 3 is 2.60 bits per heavy atom. The molecule has 8 heteroatoms. The monoisotopic (exact) mass is 343 g/mol. The highest BCUT2D eigenvalue weighted by Gasteiger charge is 2.12. The summed E-state index contributed by atoms with van der Waals surface area (Å²) in [6.45, 7) is 3.58. The third-order valence-corrected chi connectivity index (χ3v) is 3.36. The summed E-state index contributed by atoms with van der Waals surface area (Å²) < 4.78 is 5.49. The third kappa shape index (κ3) is 4.77. The van der Waals surface area contributed by atoms with Crippen LogP contribution < -0.4 is 10.2 Å². The maximum absolute atomic E-state index is 11.8. The van der Waals surface area contributed by atoms with Crippen molar-refractivity contribution in [3.8, 4) is 11.5 Å². The van der Waals surface area contributed by atoms with Gasteiger partial charge in [0.1, 0.15) is 5.75 Å². The number of amides is 1. The summed E-state index contributed by atoms with van der Waals surface area (Å²) in [5, 5.41) is 23.9. The molecule has 0 aliphatic rings. The van der Waals surface area contributed by atoms with Gasteiger partial charge in [-0.1, -0.05) is 18.2 Å². The smallest absolute Gasteiger partial charge is 0.310 e. The van der Waals surface area contributed by atoms with Crippen molar-refractivity contribution in [2.75, 3.05) is 6.61 Å². The van der Waals surface area contributed by atoms with Gasteiger partial charge < -0.3 is 9.84 Å². The van der Waals surface area contributed by atoms with Gasteiger partial charge in [-0.15, -0.1) is 0 Å². The summed E-state index contributed by atoms with van der Waals surface area (Å²) in [5.74, 6) is -0.273. The Hall–Kier alpha value is -3.42. The fourth-order valence-electron chi connectivity index (χ4n) is 2.15. The third-order valence-electron chi connectivity index (χ3n) is 3.36. The second-order valence-electron chi connectivity index (χ2n) is 5.31. The molecule has 0 aliphatic heterocycles. The van der Waals surface area contributed by atoms with Crippen molar-refractivity contribution in [2.45, 2.75) is 13.8 Å². The van der Waals surface area contributed by atoms with Crippen LogP contribution in [-0.2, 0) is 4.79 Å². The van der Waals surface area contributed by atoms with E-state index in [2.05, 4.69) is 10.5 Å². The molecule has 2 aromatic rings. The first kappa shape index (κ1) is 17.9. The van der Waals surface area contributed by atoms with Gasteiger partial charge in [0.2, 0.25) is 0 Å². The molecule has 25 heavy (non-hydrogen) atoms. The number of nitro groups is 1. The molecule has 1 amide bonds. The van der Waals surface area contributed by atoms with Crippen molar-refractivity contribution in [1.29, 1.82) is 0 Å². The zero-order valence-corrected chi connectivity index (χ0v) is 13.7.